The maximum atomic E-state index is 13.0. The molecule has 0 saturated carbocycles. The molecule has 0 spiro atoms. The first-order valence-corrected chi connectivity index (χ1v) is 11.9. The van der Waals surface area contributed by atoms with Crippen molar-refractivity contribution in [1.29, 1.82) is 0 Å². The fourth-order valence-electron chi connectivity index (χ4n) is 3.42. The number of nitrogens with zero attached hydrogens (tertiary/aromatic N) is 5. The van der Waals surface area contributed by atoms with E-state index in [0.29, 0.717) is 42.2 Å². The van der Waals surface area contributed by atoms with E-state index in [-0.39, 0.29) is 17.3 Å². The minimum Gasteiger partial charge on any atom is -0.368 e. The van der Waals surface area contributed by atoms with Crippen molar-refractivity contribution >= 4 is 56.0 Å². The maximum absolute atomic E-state index is 13.0. The van der Waals surface area contributed by atoms with Gasteiger partial charge in [-0.05, 0) is 30.3 Å². The molecule has 2 aromatic carbocycles. The molecule has 11 heteroatoms. The Bertz CT molecular complexity index is 1180. The number of sulfonamides is 1. The number of fused-ring (bicyclic) bond motifs is 1. The predicted molar refractivity (Wildman–Crippen MR) is 117 cm³/mol. The summed E-state index contributed by atoms with van der Waals surface area (Å²) in [5.41, 5.74) is 1.87. The maximum Gasteiger partial charge on any atom is 0.245 e. The van der Waals surface area contributed by atoms with Crippen LogP contribution in [0.5, 0.6) is 0 Å². The molecule has 1 aliphatic rings. The van der Waals surface area contributed by atoms with Gasteiger partial charge in [-0.25, -0.2) is 8.42 Å². The standard InChI is InChI=1S/C19H20ClN5O3S2/c1-23(30(27,28)17-7-3-6-16-19(17)22-29-21-16)13-18(26)25-10-8-24(9-11-25)15-5-2-4-14(20)12-15/h2-7,12H,8-11,13H2,1H3. The second kappa shape index (κ2) is 8.46. The number of benzene rings is 2. The summed E-state index contributed by atoms with van der Waals surface area (Å²) < 4.78 is 35.3. The van der Waals surface area contributed by atoms with Crippen molar-refractivity contribution in [2.45, 2.75) is 4.90 Å². The Hall–Kier alpha value is -2.27. The van der Waals surface area contributed by atoms with Crippen molar-refractivity contribution in [2.24, 2.45) is 0 Å². The summed E-state index contributed by atoms with van der Waals surface area (Å²) in [7, 11) is -2.45. The van der Waals surface area contributed by atoms with E-state index in [1.807, 2.05) is 24.3 Å². The first-order chi connectivity index (χ1) is 14.4. The summed E-state index contributed by atoms with van der Waals surface area (Å²) in [5, 5.41) is 0.670. The molecule has 0 radical (unpaired) electrons. The van der Waals surface area contributed by atoms with Gasteiger partial charge in [-0.1, -0.05) is 23.7 Å². The quantitative estimate of drug-likeness (QED) is 0.574. The molecule has 1 amide bonds. The third kappa shape index (κ3) is 4.13. The molecule has 158 valence electrons. The van der Waals surface area contributed by atoms with Crippen LogP contribution in [0.4, 0.5) is 5.69 Å². The fourth-order valence-corrected chi connectivity index (χ4v) is 5.47. The van der Waals surface area contributed by atoms with E-state index in [4.69, 9.17) is 11.6 Å². The van der Waals surface area contributed by atoms with Crippen LogP contribution in [-0.2, 0) is 14.8 Å². The summed E-state index contributed by atoms with van der Waals surface area (Å²) in [6.45, 7) is 2.13. The van der Waals surface area contributed by atoms with Gasteiger partial charge < -0.3 is 9.80 Å². The molecule has 3 aromatic rings. The summed E-state index contributed by atoms with van der Waals surface area (Å²) >= 11 is 7.02. The minimum absolute atomic E-state index is 0.0647. The molecule has 1 aliphatic heterocycles. The van der Waals surface area contributed by atoms with Crippen LogP contribution in [0.3, 0.4) is 0 Å². The molecule has 0 aliphatic carbocycles. The highest BCUT2D eigenvalue weighted by Gasteiger charge is 2.29. The number of carbonyl (C=O) groups excluding carboxylic acids is 1. The molecule has 2 heterocycles. The summed E-state index contributed by atoms with van der Waals surface area (Å²) in [5.74, 6) is -0.226. The Morgan fingerprint density at radius 3 is 2.60 bits per heavy atom. The molecule has 30 heavy (non-hydrogen) atoms. The monoisotopic (exact) mass is 465 g/mol. The Morgan fingerprint density at radius 2 is 1.87 bits per heavy atom. The number of hydrogen-bond donors (Lipinski definition) is 0. The number of rotatable bonds is 5. The van der Waals surface area contributed by atoms with Crippen LogP contribution in [-0.4, -0.2) is 72.0 Å². The van der Waals surface area contributed by atoms with E-state index in [1.54, 1.807) is 17.0 Å². The van der Waals surface area contributed by atoms with Gasteiger partial charge >= 0.3 is 0 Å². The van der Waals surface area contributed by atoms with Gasteiger partial charge in [-0.15, -0.1) is 0 Å². The van der Waals surface area contributed by atoms with Crippen LogP contribution in [0.1, 0.15) is 0 Å². The number of piperazine rings is 1. The largest absolute Gasteiger partial charge is 0.368 e. The zero-order valence-electron chi connectivity index (χ0n) is 16.2. The lowest BCUT2D eigenvalue weighted by atomic mass is 10.2. The van der Waals surface area contributed by atoms with Crippen LogP contribution in [0.2, 0.25) is 5.02 Å². The Kier molecular flexibility index (Phi) is 5.92. The molecule has 1 fully saturated rings. The molecule has 8 nitrogen and oxygen atoms in total. The van der Waals surface area contributed by atoms with E-state index in [9.17, 15) is 13.2 Å². The molecule has 0 N–H and O–H groups in total. The van der Waals surface area contributed by atoms with E-state index in [1.165, 1.54) is 13.1 Å². The number of carbonyl (C=O) groups is 1. The molecular weight excluding hydrogens is 446 g/mol. The zero-order chi connectivity index (χ0) is 21.3. The number of amides is 1. The van der Waals surface area contributed by atoms with Crippen LogP contribution in [0, 0.1) is 0 Å². The molecule has 4 rings (SSSR count). The molecule has 1 aromatic heterocycles. The highest BCUT2D eigenvalue weighted by atomic mass is 35.5. The van der Waals surface area contributed by atoms with E-state index >= 15 is 0 Å². The fraction of sp³-hybridized carbons (Fsp3) is 0.316. The van der Waals surface area contributed by atoms with Crippen LogP contribution < -0.4 is 4.90 Å². The smallest absolute Gasteiger partial charge is 0.245 e. The van der Waals surface area contributed by atoms with Gasteiger partial charge in [-0.3, -0.25) is 4.79 Å². The lowest BCUT2D eigenvalue weighted by molar-refractivity contribution is -0.131. The Morgan fingerprint density at radius 1 is 1.13 bits per heavy atom. The second-order valence-corrected chi connectivity index (χ2v) is 9.98. The van der Waals surface area contributed by atoms with Crippen molar-refractivity contribution < 1.29 is 13.2 Å². The van der Waals surface area contributed by atoms with Gasteiger partial charge in [0.2, 0.25) is 15.9 Å². The SMILES string of the molecule is CN(CC(=O)N1CCN(c2cccc(Cl)c2)CC1)S(=O)(=O)c1cccc2nsnc12. The lowest BCUT2D eigenvalue weighted by Crippen LogP contribution is -2.51. The first kappa shape index (κ1) is 21.0. The van der Waals surface area contributed by atoms with Gasteiger partial charge in [0.15, 0.2) is 0 Å². The van der Waals surface area contributed by atoms with Gasteiger partial charge in [0.25, 0.3) is 0 Å². The minimum atomic E-state index is -3.86. The van der Waals surface area contributed by atoms with E-state index in [0.717, 1.165) is 21.7 Å². The topological polar surface area (TPSA) is 86.7 Å². The van der Waals surface area contributed by atoms with Crippen molar-refractivity contribution in [3.63, 3.8) is 0 Å². The van der Waals surface area contributed by atoms with Crippen molar-refractivity contribution in [1.82, 2.24) is 18.0 Å². The Balaban J connectivity index is 1.41. The van der Waals surface area contributed by atoms with Crippen molar-refractivity contribution in [2.75, 3.05) is 44.7 Å². The van der Waals surface area contributed by atoms with E-state index in [2.05, 4.69) is 13.6 Å². The van der Waals surface area contributed by atoms with Crippen LogP contribution in [0.15, 0.2) is 47.4 Å². The normalized spacial score (nSPS) is 15.2. The van der Waals surface area contributed by atoms with Crippen LogP contribution >= 0.6 is 23.3 Å². The van der Waals surface area contributed by atoms with Gasteiger partial charge in [0, 0.05) is 43.9 Å². The molecule has 0 atom stereocenters. The van der Waals surface area contributed by atoms with E-state index < -0.39 is 10.0 Å². The molecular formula is C19H20ClN5O3S2. The first-order valence-electron chi connectivity index (χ1n) is 9.32. The number of halogens is 1. The van der Waals surface area contributed by atoms with Gasteiger partial charge in [-0.2, -0.15) is 13.1 Å². The highest BCUT2D eigenvalue weighted by molar-refractivity contribution is 7.89. The molecule has 1 saturated heterocycles. The average molecular weight is 466 g/mol. The predicted octanol–water partition coefficient (Wildman–Crippen LogP) is 2.31. The summed E-state index contributed by atoms with van der Waals surface area (Å²) in [6.07, 6.45) is 0. The number of anilines is 1. The lowest BCUT2D eigenvalue weighted by Gasteiger charge is -2.36. The van der Waals surface area contributed by atoms with Crippen molar-refractivity contribution in [3.8, 4) is 0 Å². The van der Waals surface area contributed by atoms with Gasteiger partial charge in [0.05, 0.1) is 18.3 Å². The number of aromatic nitrogens is 2. The average Bonchev–Trinajstić information content (AvgIpc) is 3.22. The third-order valence-corrected chi connectivity index (χ3v) is 7.71. The second-order valence-electron chi connectivity index (χ2n) is 7.00. The Labute approximate surface area is 184 Å². The summed E-state index contributed by atoms with van der Waals surface area (Å²) in [6, 6.07) is 12.4. The third-order valence-electron chi connectivity index (χ3n) is 5.10. The van der Waals surface area contributed by atoms with Gasteiger partial charge in [0.1, 0.15) is 15.9 Å². The highest BCUT2D eigenvalue weighted by Crippen LogP contribution is 2.24. The van der Waals surface area contributed by atoms with Crippen molar-refractivity contribution in [3.05, 3.63) is 47.5 Å². The molecule has 0 unspecified atom stereocenters. The number of hydrogen-bond acceptors (Lipinski definition) is 7. The number of likely N-dealkylation sites (N-methyl/N-ethyl adjacent to an activating group) is 1. The zero-order valence-corrected chi connectivity index (χ0v) is 18.6. The summed E-state index contributed by atoms with van der Waals surface area (Å²) in [4.78, 5) is 16.7. The van der Waals surface area contributed by atoms with Crippen LogP contribution in [0.25, 0.3) is 11.0 Å². The molecule has 0 bridgehead atoms.